The van der Waals surface area contributed by atoms with Gasteiger partial charge in [-0.25, -0.2) is 0 Å². The van der Waals surface area contributed by atoms with Crippen molar-refractivity contribution in [3.63, 3.8) is 0 Å². The largest absolute Gasteiger partial charge is 0.370 e. The molecule has 20 heavy (non-hydrogen) atoms. The summed E-state index contributed by atoms with van der Waals surface area (Å²) in [4.78, 5) is 23.6. The Kier molecular flexibility index (Phi) is 4.85. The van der Waals surface area contributed by atoms with Crippen molar-refractivity contribution in [3.8, 4) is 0 Å². The molecule has 1 saturated carbocycles. The van der Waals surface area contributed by atoms with Gasteiger partial charge in [-0.3, -0.25) is 9.59 Å². The predicted molar refractivity (Wildman–Crippen MR) is 79.7 cm³/mol. The lowest BCUT2D eigenvalue weighted by atomic mass is 9.61. The highest BCUT2D eigenvalue weighted by Crippen LogP contribution is 2.44. The maximum absolute atomic E-state index is 12.6. The third-order valence-corrected chi connectivity index (χ3v) is 4.90. The van der Waals surface area contributed by atoms with Crippen LogP contribution in [0.3, 0.4) is 0 Å². The first-order valence-electron chi connectivity index (χ1n) is 7.33. The van der Waals surface area contributed by atoms with Crippen LogP contribution >= 0.6 is 0 Å². The minimum absolute atomic E-state index is 0.000000000000000666. The van der Waals surface area contributed by atoms with Gasteiger partial charge in [0.05, 0.1) is 0 Å². The molecule has 0 bridgehead atoms. The zero-order valence-electron chi connectivity index (χ0n) is 13.3. The van der Waals surface area contributed by atoms with Crippen LogP contribution in [-0.2, 0) is 9.59 Å². The summed E-state index contributed by atoms with van der Waals surface area (Å²) in [6.07, 6.45) is 1.79. The molecule has 5 nitrogen and oxygen atoms in total. The number of carbonyl (C=O) groups is 2. The predicted octanol–water partition coefficient (Wildman–Crippen LogP) is 1.16. The number of rotatable bonds is 4. The van der Waals surface area contributed by atoms with Crippen LogP contribution in [0.2, 0.25) is 0 Å². The molecule has 5 N–H and O–H groups in total. The monoisotopic (exact) mass is 283 g/mol. The van der Waals surface area contributed by atoms with Crippen molar-refractivity contribution in [1.29, 1.82) is 0 Å². The van der Waals surface area contributed by atoms with Crippen molar-refractivity contribution in [2.45, 2.75) is 65.5 Å². The second-order valence-corrected chi connectivity index (χ2v) is 7.42. The first kappa shape index (κ1) is 17.0. The smallest absolute Gasteiger partial charge is 0.224 e. The van der Waals surface area contributed by atoms with Crippen LogP contribution in [0.4, 0.5) is 0 Å². The normalized spacial score (nSPS) is 29.8. The molecule has 116 valence electrons. The molecule has 5 heteroatoms. The minimum Gasteiger partial charge on any atom is -0.370 e. The van der Waals surface area contributed by atoms with E-state index in [9.17, 15) is 9.59 Å². The maximum Gasteiger partial charge on any atom is 0.224 e. The number of hydrogen-bond acceptors (Lipinski definition) is 3. The lowest BCUT2D eigenvalue weighted by molar-refractivity contribution is -0.134. The van der Waals surface area contributed by atoms with Gasteiger partial charge < -0.3 is 16.8 Å². The number of carbonyl (C=O) groups excluding carboxylic acids is 2. The van der Waals surface area contributed by atoms with Crippen molar-refractivity contribution in [3.05, 3.63) is 0 Å². The first-order valence-corrected chi connectivity index (χ1v) is 7.33. The molecule has 1 aliphatic carbocycles. The Bertz CT molecular complexity index is 391. The highest BCUT2D eigenvalue weighted by molar-refractivity contribution is 5.82. The second kappa shape index (κ2) is 5.72. The van der Waals surface area contributed by atoms with Crippen LogP contribution in [0.5, 0.6) is 0 Å². The van der Waals surface area contributed by atoms with E-state index in [1.54, 1.807) is 0 Å². The van der Waals surface area contributed by atoms with Crippen molar-refractivity contribution < 1.29 is 9.59 Å². The molecule has 3 atom stereocenters. The summed E-state index contributed by atoms with van der Waals surface area (Å²) in [5.41, 5.74) is 10.6. The second-order valence-electron chi connectivity index (χ2n) is 7.42. The van der Waals surface area contributed by atoms with E-state index in [0.717, 1.165) is 12.8 Å². The number of hydrogen-bond donors (Lipinski definition) is 3. The Morgan fingerprint density at radius 2 is 1.85 bits per heavy atom. The Hall–Kier alpha value is -1.10. The van der Waals surface area contributed by atoms with Crippen LogP contribution < -0.4 is 16.8 Å². The third-order valence-electron chi connectivity index (χ3n) is 4.90. The minimum atomic E-state index is -0.609. The van der Waals surface area contributed by atoms with Gasteiger partial charge in [0, 0.05) is 23.9 Å². The van der Waals surface area contributed by atoms with Crippen molar-refractivity contribution >= 4 is 11.8 Å². The van der Waals surface area contributed by atoms with Crippen molar-refractivity contribution in [2.75, 3.05) is 0 Å². The quantitative estimate of drug-likeness (QED) is 0.722. The summed E-state index contributed by atoms with van der Waals surface area (Å²) < 4.78 is 0. The van der Waals surface area contributed by atoms with Crippen LogP contribution in [0.1, 0.15) is 53.9 Å². The maximum atomic E-state index is 12.6. The highest BCUT2D eigenvalue weighted by Gasteiger charge is 2.45. The molecule has 1 aliphatic rings. The fourth-order valence-corrected chi connectivity index (χ4v) is 3.22. The van der Waals surface area contributed by atoms with Crippen molar-refractivity contribution in [1.82, 2.24) is 5.32 Å². The molecule has 1 rings (SSSR count). The lowest BCUT2D eigenvalue weighted by Gasteiger charge is -2.46. The standard InChI is InChI=1S/C15H29N3O2/c1-9-11(16)7-6-10(15(9,4)5)13(20)18-14(2,3)8-12(17)19/h9-11H,6-8,16H2,1-5H3,(H2,17,19)(H,18,20). The topological polar surface area (TPSA) is 98.2 Å². The third kappa shape index (κ3) is 3.72. The van der Waals surface area contributed by atoms with E-state index in [0.29, 0.717) is 0 Å². The number of nitrogens with two attached hydrogens (primary N) is 2. The van der Waals surface area contributed by atoms with Crippen LogP contribution in [-0.4, -0.2) is 23.4 Å². The Morgan fingerprint density at radius 3 is 2.35 bits per heavy atom. The molecule has 0 aromatic heterocycles. The summed E-state index contributed by atoms with van der Waals surface area (Å²) in [5, 5.41) is 2.97. The Morgan fingerprint density at radius 1 is 1.30 bits per heavy atom. The Balaban J connectivity index is 2.79. The van der Waals surface area contributed by atoms with E-state index < -0.39 is 11.4 Å². The molecule has 0 aromatic rings. The number of nitrogens with one attached hydrogen (secondary N) is 1. The molecule has 3 unspecified atom stereocenters. The van der Waals surface area contributed by atoms with Gasteiger partial charge in [-0.05, 0) is 38.0 Å². The van der Waals surface area contributed by atoms with Crippen LogP contribution in [0.15, 0.2) is 0 Å². The average Bonchev–Trinajstić information content (AvgIpc) is 2.22. The molecule has 0 saturated heterocycles. The molecule has 0 radical (unpaired) electrons. The van der Waals surface area contributed by atoms with Gasteiger partial charge in [0.25, 0.3) is 0 Å². The molecular weight excluding hydrogens is 254 g/mol. The van der Waals surface area contributed by atoms with E-state index in [1.165, 1.54) is 0 Å². The van der Waals surface area contributed by atoms with Crippen LogP contribution in [0, 0.1) is 17.3 Å². The van der Waals surface area contributed by atoms with E-state index in [1.807, 2.05) is 13.8 Å². The fraction of sp³-hybridized carbons (Fsp3) is 0.867. The van der Waals surface area contributed by atoms with Gasteiger partial charge >= 0.3 is 0 Å². The molecule has 1 fully saturated rings. The van der Waals surface area contributed by atoms with E-state index in [4.69, 9.17) is 11.5 Å². The van der Waals surface area contributed by atoms with Gasteiger partial charge in [-0.1, -0.05) is 20.8 Å². The fourth-order valence-electron chi connectivity index (χ4n) is 3.22. The van der Waals surface area contributed by atoms with Crippen molar-refractivity contribution in [2.24, 2.45) is 28.7 Å². The van der Waals surface area contributed by atoms with Gasteiger partial charge in [-0.15, -0.1) is 0 Å². The van der Waals surface area contributed by atoms with E-state index in [-0.39, 0.29) is 35.6 Å². The van der Waals surface area contributed by atoms with Gasteiger partial charge in [0.1, 0.15) is 0 Å². The summed E-state index contributed by atoms with van der Waals surface area (Å²) in [6, 6.07) is 0.146. The summed E-state index contributed by atoms with van der Waals surface area (Å²) in [7, 11) is 0. The Labute approximate surface area is 121 Å². The highest BCUT2D eigenvalue weighted by atomic mass is 16.2. The molecule has 0 aliphatic heterocycles. The number of amides is 2. The molecule has 0 spiro atoms. The first-order chi connectivity index (χ1) is 8.97. The van der Waals surface area contributed by atoms with Gasteiger partial charge in [-0.2, -0.15) is 0 Å². The summed E-state index contributed by atoms with van der Waals surface area (Å²) in [5.74, 6) is -0.204. The lowest BCUT2D eigenvalue weighted by Crippen LogP contribution is -2.55. The zero-order valence-corrected chi connectivity index (χ0v) is 13.3. The van der Waals surface area contributed by atoms with E-state index >= 15 is 0 Å². The van der Waals surface area contributed by atoms with Gasteiger partial charge in [0.2, 0.25) is 11.8 Å². The SMILES string of the molecule is CC1C(N)CCC(C(=O)NC(C)(C)CC(N)=O)C1(C)C. The molecule has 0 heterocycles. The average molecular weight is 283 g/mol. The van der Waals surface area contributed by atoms with Crippen LogP contribution in [0.25, 0.3) is 0 Å². The molecule has 2 amide bonds. The number of primary amides is 1. The van der Waals surface area contributed by atoms with Gasteiger partial charge in [0.15, 0.2) is 0 Å². The van der Waals surface area contributed by atoms with E-state index in [2.05, 4.69) is 26.1 Å². The summed E-state index contributed by atoms with van der Waals surface area (Å²) >= 11 is 0. The summed E-state index contributed by atoms with van der Waals surface area (Å²) in [6.45, 7) is 9.95. The zero-order chi connectivity index (χ0) is 15.7. The molecular formula is C15H29N3O2. The molecule has 0 aromatic carbocycles.